The minimum atomic E-state index is -3.66. The molecule has 1 aromatic carbocycles. The predicted octanol–water partition coefficient (Wildman–Crippen LogP) is 0.950. The van der Waals surface area contributed by atoms with Crippen LogP contribution in [0.15, 0.2) is 23.1 Å². The van der Waals surface area contributed by atoms with E-state index < -0.39 is 21.6 Å². The first kappa shape index (κ1) is 13.5. The van der Waals surface area contributed by atoms with Crippen LogP contribution in [0.2, 0.25) is 0 Å². The van der Waals surface area contributed by atoms with E-state index in [4.69, 9.17) is 4.74 Å². The number of ether oxygens (including phenoxy) is 2. The number of esters is 1. The summed E-state index contributed by atoms with van der Waals surface area (Å²) < 4.78 is 33.1. The second kappa shape index (κ2) is 5.18. The molecule has 1 aromatic rings. The Bertz CT molecular complexity index is 519. The first-order valence-electron chi connectivity index (χ1n) is 4.85. The molecule has 1 rings (SSSR count). The number of methoxy groups -OCH3 is 2. The lowest BCUT2D eigenvalue weighted by Crippen LogP contribution is -2.18. The van der Waals surface area contributed by atoms with Gasteiger partial charge in [-0.2, -0.15) is 0 Å². The second-order valence-electron chi connectivity index (χ2n) is 3.47. The molecule has 0 saturated heterocycles. The minimum Gasteiger partial charge on any atom is -0.497 e. The highest BCUT2D eigenvalue weighted by molar-refractivity contribution is 7.92. The third kappa shape index (κ3) is 3.20. The molecule has 0 bridgehead atoms. The van der Waals surface area contributed by atoms with Crippen LogP contribution in [0.4, 0.5) is 0 Å². The number of carbonyl (C=O) groups is 1. The third-order valence-corrected chi connectivity index (χ3v) is 4.00. The van der Waals surface area contributed by atoms with Crippen LogP contribution < -0.4 is 4.74 Å². The normalized spacial score (nSPS) is 11.0. The number of aryl methyl sites for hydroxylation is 1. The van der Waals surface area contributed by atoms with Crippen molar-refractivity contribution in [2.24, 2.45) is 0 Å². The van der Waals surface area contributed by atoms with E-state index in [-0.39, 0.29) is 4.90 Å². The molecule has 0 saturated carbocycles. The molecular formula is C11H14O5S. The van der Waals surface area contributed by atoms with Crippen molar-refractivity contribution in [3.05, 3.63) is 23.8 Å². The molecule has 0 amide bonds. The molecule has 5 nitrogen and oxygen atoms in total. The van der Waals surface area contributed by atoms with Crippen molar-refractivity contribution in [2.75, 3.05) is 20.0 Å². The summed E-state index contributed by atoms with van der Waals surface area (Å²) >= 11 is 0. The quantitative estimate of drug-likeness (QED) is 0.752. The van der Waals surface area contributed by atoms with Crippen molar-refractivity contribution < 1.29 is 22.7 Å². The first-order chi connectivity index (χ1) is 7.90. The number of sulfone groups is 1. The van der Waals surface area contributed by atoms with E-state index in [1.54, 1.807) is 13.0 Å². The van der Waals surface area contributed by atoms with Gasteiger partial charge in [0.2, 0.25) is 0 Å². The van der Waals surface area contributed by atoms with Gasteiger partial charge < -0.3 is 9.47 Å². The number of hydrogen-bond acceptors (Lipinski definition) is 5. The lowest BCUT2D eigenvalue weighted by atomic mass is 10.2. The van der Waals surface area contributed by atoms with Crippen molar-refractivity contribution in [1.29, 1.82) is 0 Å². The zero-order chi connectivity index (χ0) is 13.1. The van der Waals surface area contributed by atoms with Crippen LogP contribution in [-0.2, 0) is 19.4 Å². The topological polar surface area (TPSA) is 69.7 Å². The molecule has 0 aromatic heterocycles. The van der Waals surface area contributed by atoms with Crippen molar-refractivity contribution in [1.82, 2.24) is 0 Å². The summed E-state index contributed by atoms with van der Waals surface area (Å²) in [6.07, 6.45) is 0. The van der Waals surface area contributed by atoms with Crippen LogP contribution in [0.25, 0.3) is 0 Å². The van der Waals surface area contributed by atoms with Gasteiger partial charge in [-0.05, 0) is 30.7 Å². The average molecular weight is 258 g/mol. The summed E-state index contributed by atoms with van der Waals surface area (Å²) in [7, 11) is -1.01. The molecule has 0 atom stereocenters. The standard InChI is InChI=1S/C11H14O5S/c1-8-6-9(15-2)4-5-10(8)17(13,14)7-11(12)16-3/h4-6H,7H2,1-3H3. The molecule has 0 aliphatic carbocycles. The smallest absolute Gasteiger partial charge is 0.321 e. The van der Waals surface area contributed by atoms with Crippen molar-refractivity contribution >= 4 is 15.8 Å². The monoisotopic (exact) mass is 258 g/mol. The van der Waals surface area contributed by atoms with Crippen LogP contribution >= 0.6 is 0 Å². The predicted molar refractivity (Wildman–Crippen MR) is 61.8 cm³/mol. The van der Waals surface area contributed by atoms with Crippen LogP contribution in [0.3, 0.4) is 0 Å². The van der Waals surface area contributed by atoms with Gasteiger partial charge in [0, 0.05) is 0 Å². The summed E-state index contributed by atoms with van der Waals surface area (Å²) in [6, 6.07) is 4.56. The van der Waals surface area contributed by atoms with Gasteiger partial charge in [-0.15, -0.1) is 0 Å². The highest BCUT2D eigenvalue weighted by Gasteiger charge is 2.21. The lowest BCUT2D eigenvalue weighted by molar-refractivity contribution is -0.137. The van der Waals surface area contributed by atoms with Crippen LogP contribution in [0.1, 0.15) is 5.56 Å². The van der Waals surface area contributed by atoms with Crippen LogP contribution in [0.5, 0.6) is 5.75 Å². The lowest BCUT2D eigenvalue weighted by Gasteiger charge is -2.08. The van der Waals surface area contributed by atoms with Gasteiger partial charge in [0.25, 0.3) is 0 Å². The van der Waals surface area contributed by atoms with E-state index in [1.165, 1.54) is 19.2 Å². The van der Waals surface area contributed by atoms with Gasteiger partial charge >= 0.3 is 5.97 Å². The maximum atomic E-state index is 11.9. The largest absolute Gasteiger partial charge is 0.497 e. The van der Waals surface area contributed by atoms with Gasteiger partial charge in [0.15, 0.2) is 15.6 Å². The molecule has 6 heteroatoms. The Balaban J connectivity index is 3.11. The highest BCUT2D eigenvalue weighted by atomic mass is 32.2. The molecule has 0 unspecified atom stereocenters. The zero-order valence-corrected chi connectivity index (χ0v) is 10.7. The summed E-state index contributed by atoms with van der Waals surface area (Å²) in [6.45, 7) is 1.65. The summed E-state index contributed by atoms with van der Waals surface area (Å²) in [5.41, 5.74) is 0.535. The Morgan fingerprint density at radius 1 is 1.29 bits per heavy atom. The number of carbonyl (C=O) groups excluding carboxylic acids is 1. The van der Waals surface area contributed by atoms with Gasteiger partial charge in [-0.1, -0.05) is 0 Å². The fourth-order valence-electron chi connectivity index (χ4n) is 1.39. The van der Waals surface area contributed by atoms with Crippen molar-refractivity contribution in [2.45, 2.75) is 11.8 Å². The van der Waals surface area contributed by atoms with Gasteiger partial charge in [0.05, 0.1) is 19.1 Å². The van der Waals surface area contributed by atoms with Crippen molar-refractivity contribution in [3.8, 4) is 5.75 Å². The number of benzene rings is 1. The van der Waals surface area contributed by atoms with Crippen molar-refractivity contribution in [3.63, 3.8) is 0 Å². The van der Waals surface area contributed by atoms with E-state index in [0.717, 1.165) is 7.11 Å². The Morgan fingerprint density at radius 2 is 1.94 bits per heavy atom. The maximum Gasteiger partial charge on any atom is 0.321 e. The van der Waals surface area contributed by atoms with E-state index in [0.29, 0.717) is 11.3 Å². The molecule has 0 aliphatic heterocycles. The molecule has 0 aliphatic rings. The fraction of sp³-hybridized carbons (Fsp3) is 0.364. The van der Waals surface area contributed by atoms with E-state index in [2.05, 4.69) is 4.74 Å². The maximum absolute atomic E-state index is 11.9. The first-order valence-corrected chi connectivity index (χ1v) is 6.50. The Hall–Kier alpha value is -1.56. The van der Waals surface area contributed by atoms with E-state index in [1.807, 2.05) is 0 Å². The summed E-state index contributed by atoms with van der Waals surface area (Å²) in [5, 5.41) is 0. The molecule has 17 heavy (non-hydrogen) atoms. The Kier molecular flexibility index (Phi) is 4.11. The number of rotatable bonds is 4. The van der Waals surface area contributed by atoms with E-state index >= 15 is 0 Å². The molecule has 0 N–H and O–H groups in total. The SMILES string of the molecule is COC(=O)CS(=O)(=O)c1ccc(OC)cc1C. The second-order valence-corrected chi connectivity index (χ2v) is 5.42. The van der Waals surface area contributed by atoms with Gasteiger partial charge in [-0.25, -0.2) is 8.42 Å². The zero-order valence-electron chi connectivity index (χ0n) is 9.89. The molecule has 0 fully saturated rings. The van der Waals surface area contributed by atoms with Gasteiger partial charge in [0.1, 0.15) is 5.75 Å². The van der Waals surface area contributed by atoms with E-state index in [9.17, 15) is 13.2 Å². The minimum absolute atomic E-state index is 0.115. The summed E-state index contributed by atoms with van der Waals surface area (Å²) in [5.74, 6) is -0.865. The third-order valence-electron chi connectivity index (χ3n) is 2.25. The molecule has 0 heterocycles. The molecule has 94 valence electrons. The molecule has 0 radical (unpaired) electrons. The van der Waals surface area contributed by atoms with Crippen LogP contribution in [-0.4, -0.2) is 34.4 Å². The molecular weight excluding hydrogens is 244 g/mol. The van der Waals surface area contributed by atoms with Gasteiger partial charge in [-0.3, -0.25) is 4.79 Å². The highest BCUT2D eigenvalue weighted by Crippen LogP contribution is 2.21. The Morgan fingerprint density at radius 3 is 2.41 bits per heavy atom. The fourth-order valence-corrected chi connectivity index (χ4v) is 2.80. The average Bonchev–Trinajstić information content (AvgIpc) is 2.27. The Labute approximate surface area is 100 Å². The number of hydrogen-bond donors (Lipinski definition) is 0. The van der Waals surface area contributed by atoms with Crippen LogP contribution in [0, 0.1) is 6.92 Å². The molecule has 0 spiro atoms. The summed E-state index contributed by atoms with van der Waals surface area (Å²) in [4.78, 5) is 11.1.